The number of ether oxygens (including phenoxy) is 1. The molecule has 226 valence electrons. The molecule has 0 saturated carbocycles. The largest absolute Gasteiger partial charge is 0.487 e. The number of halogens is 2. The highest BCUT2D eigenvalue weighted by Crippen LogP contribution is 2.34. The Morgan fingerprint density at radius 2 is 1.62 bits per heavy atom. The van der Waals surface area contributed by atoms with E-state index in [4.69, 9.17) is 48.1 Å². The van der Waals surface area contributed by atoms with Crippen LogP contribution in [0.3, 0.4) is 0 Å². The molecule has 1 aliphatic rings. The van der Waals surface area contributed by atoms with Gasteiger partial charge in [0.25, 0.3) is 10.1 Å². The fourth-order valence-electron chi connectivity index (χ4n) is 3.60. The molecule has 0 aromatic heterocycles. The van der Waals surface area contributed by atoms with Crippen LogP contribution in [0.1, 0.15) is 26.3 Å². The topological polar surface area (TPSA) is 187 Å². The lowest BCUT2D eigenvalue weighted by Gasteiger charge is -2.38. The van der Waals surface area contributed by atoms with Crippen molar-refractivity contribution in [2.45, 2.75) is 37.9 Å². The molecule has 0 radical (unpaired) electrons. The molecule has 5 N–H and O–H groups in total. The van der Waals surface area contributed by atoms with Gasteiger partial charge in [0.1, 0.15) is 28.7 Å². The van der Waals surface area contributed by atoms with Crippen LogP contribution in [0, 0.1) is 0 Å². The fraction of sp³-hybridized carbons (Fsp3) is 0.231. The Hall–Kier alpha value is -3.56. The van der Waals surface area contributed by atoms with Crippen LogP contribution < -0.4 is 25.3 Å². The molecule has 3 aromatic carbocycles. The average Bonchev–Trinajstić information content (AvgIpc) is 2.87. The van der Waals surface area contributed by atoms with E-state index < -0.39 is 25.9 Å². The maximum atomic E-state index is 12.5. The van der Waals surface area contributed by atoms with Crippen LogP contribution in [-0.2, 0) is 26.8 Å². The van der Waals surface area contributed by atoms with Crippen molar-refractivity contribution < 1.29 is 30.3 Å². The molecule has 1 aliphatic heterocycles. The number of anilines is 1. The maximum Gasteiger partial charge on any atom is 0.339 e. The number of nitrogens with two attached hydrogens (primary N) is 2. The summed E-state index contributed by atoms with van der Waals surface area (Å²) in [6, 6.07) is 17.5. The second kappa shape index (κ2) is 13.2. The number of guanidine groups is 2. The van der Waals surface area contributed by atoms with E-state index in [0.29, 0.717) is 21.5 Å². The second-order valence-electron chi connectivity index (χ2n) is 9.18. The first-order chi connectivity index (χ1) is 19.5. The van der Waals surface area contributed by atoms with Crippen LogP contribution >= 0.6 is 23.2 Å². The third-order valence-corrected chi connectivity index (χ3v) is 8.06. The van der Waals surface area contributed by atoms with Gasteiger partial charge in [-0.15, -0.1) is 0 Å². The van der Waals surface area contributed by atoms with Gasteiger partial charge >= 0.3 is 10.1 Å². The third kappa shape index (κ3) is 8.97. The van der Waals surface area contributed by atoms with E-state index >= 15 is 0 Å². The van der Waals surface area contributed by atoms with Crippen LogP contribution in [-0.4, -0.2) is 44.7 Å². The van der Waals surface area contributed by atoms with Gasteiger partial charge in [-0.2, -0.15) is 21.8 Å². The smallest absolute Gasteiger partial charge is 0.339 e. The highest BCUT2D eigenvalue weighted by atomic mass is 35.5. The van der Waals surface area contributed by atoms with Crippen LogP contribution in [0.25, 0.3) is 0 Å². The van der Waals surface area contributed by atoms with Crippen molar-refractivity contribution in [1.29, 1.82) is 0 Å². The zero-order valence-corrected chi connectivity index (χ0v) is 25.9. The summed E-state index contributed by atoms with van der Waals surface area (Å²) >= 11 is 12.3. The van der Waals surface area contributed by atoms with Gasteiger partial charge in [0, 0.05) is 16.8 Å². The Balaban J connectivity index is 0.000000730. The fourth-order valence-corrected chi connectivity index (χ4v) is 4.94. The summed E-state index contributed by atoms with van der Waals surface area (Å²) in [5, 5.41) is 0.726. The minimum Gasteiger partial charge on any atom is -0.487 e. The number of benzene rings is 3. The molecule has 0 aliphatic carbocycles. The molecule has 12 nitrogen and oxygen atoms in total. The SMILES string of the molecule is CC1(C)N=C(N)N=C(N)N1c1ccc(OCc2ccc(S(=O)(=O)Oc3cccc(Cl)c3)cc2)c(Cl)c1.CCS(=O)(=O)O. The van der Waals surface area contributed by atoms with E-state index in [9.17, 15) is 16.8 Å². The number of nitrogens with zero attached hydrogens (tertiary/aromatic N) is 3. The molecule has 0 unspecified atom stereocenters. The van der Waals surface area contributed by atoms with E-state index in [1.165, 1.54) is 31.2 Å². The predicted octanol–water partition coefficient (Wildman–Crippen LogP) is 4.42. The Morgan fingerprint density at radius 3 is 2.17 bits per heavy atom. The van der Waals surface area contributed by atoms with E-state index in [0.717, 1.165) is 5.56 Å². The Kier molecular flexibility index (Phi) is 10.3. The normalized spacial score (nSPS) is 14.7. The minimum atomic E-state index is -4.02. The first-order valence-electron chi connectivity index (χ1n) is 12.2. The molecule has 0 saturated heterocycles. The molecule has 4 rings (SSSR count). The first-order valence-corrected chi connectivity index (χ1v) is 15.9. The molecule has 3 aromatic rings. The zero-order chi connectivity index (χ0) is 31.3. The monoisotopic (exact) mass is 657 g/mol. The average molecular weight is 659 g/mol. The third-order valence-electron chi connectivity index (χ3n) is 5.54. The molecular formula is C26H29Cl2N5O7S2. The van der Waals surface area contributed by atoms with Gasteiger partial charge in [0.15, 0.2) is 0 Å². The Morgan fingerprint density at radius 1 is 0.976 bits per heavy atom. The van der Waals surface area contributed by atoms with Crippen LogP contribution in [0.15, 0.2) is 81.6 Å². The van der Waals surface area contributed by atoms with Crippen molar-refractivity contribution >= 4 is 61.0 Å². The Bertz CT molecular complexity index is 1710. The maximum absolute atomic E-state index is 12.5. The molecule has 0 atom stereocenters. The summed E-state index contributed by atoms with van der Waals surface area (Å²) in [5.41, 5.74) is 12.5. The van der Waals surface area contributed by atoms with Gasteiger partial charge < -0.3 is 20.4 Å². The van der Waals surface area contributed by atoms with Crippen molar-refractivity contribution in [1.82, 2.24) is 0 Å². The lowest BCUT2D eigenvalue weighted by atomic mass is 10.1. The molecule has 0 spiro atoms. The van der Waals surface area contributed by atoms with Crippen molar-refractivity contribution in [3.05, 3.63) is 82.3 Å². The van der Waals surface area contributed by atoms with Gasteiger partial charge in [-0.3, -0.25) is 9.45 Å². The summed E-state index contributed by atoms with van der Waals surface area (Å²) in [4.78, 5) is 10.1. The Labute approximate surface area is 254 Å². The van der Waals surface area contributed by atoms with Crippen LogP contribution in [0.2, 0.25) is 10.0 Å². The highest BCUT2D eigenvalue weighted by Gasteiger charge is 2.33. The van der Waals surface area contributed by atoms with E-state index in [1.807, 2.05) is 13.8 Å². The minimum absolute atomic E-state index is 0.000283. The van der Waals surface area contributed by atoms with Gasteiger partial charge in [0.05, 0.1) is 10.8 Å². The first kappa shape index (κ1) is 32.9. The van der Waals surface area contributed by atoms with Crippen LogP contribution in [0.4, 0.5) is 5.69 Å². The van der Waals surface area contributed by atoms with Crippen molar-refractivity contribution in [2.75, 3.05) is 10.7 Å². The molecule has 42 heavy (non-hydrogen) atoms. The summed E-state index contributed by atoms with van der Waals surface area (Å²) in [6.45, 7) is 5.23. The van der Waals surface area contributed by atoms with Gasteiger partial charge in [-0.25, -0.2) is 4.99 Å². The van der Waals surface area contributed by atoms with Gasteiger partial charge in [-0.05, 0) is 68.8 Å². The second-order valence-corrected chi connectivity index (χ2v) is 13.3. The molecule has 0 amide bonds. The number of hydrogen-bond donors (Lipinski definition) is 3. The van der Waals surface area contributed by atoms with Gasteiger partial charge in [-0.1, -0.05) is 41.4 Å². The quantitative estimate of drug-likeness (QED) is 0.231. The van der Waals surface area contributed by atoms with E-state index in [2.05, 4.69) is 9.98 Å². The van der Waals surface area contributed by atoms with Crippen LogP contribution in [0.5, 0.6) is 11.5 Å². The number of hydrogen-bond acceptors (Lipinski definition) is 11. The predicted molar refractivity (Wildman–Crippen MR) is 163 cm³/mol. The molecule has 0 fully saturated rings. The standard InChI is InChI=1S/C24H23Cl2N5O4S.C2H6O3S/c1-24(2)30-22(27)29-23(28)31(24)17-8-11-21(20(26)13-17)34-14-15-6-9-19(10-7-15)36(32,33)35-18-5-3-4-16(25)12-18;1-2-6(3,4)5/h3-13H,14H2,1-2H3,(H4,27,28,29,30);2H2,1H3,(H,3,4,5). The number of aliphatic imine (C=N–C) groups is 2. The van der Waals surface area contributed by atoms with Crippen molar-refractivity contribution in [2.24, 2.45) is 21.5 Å². The van der Waals surface area contributed by atoms with Gasteiger partial charge in [0.2, 0.25) is 11.9 Å². The van der Waals surface area contributed by atoms with E-state index in [-0.39, 0.29) is 34.9 Å². The molecule has 0 bridgehead atoms. The highest BCUT2D eigenvalue weighted by molar-refractivity contribution is 7.87. The summed E-state index contributed by atoms with van der Waals surface area (Å²) in [5.74, 6) is 0.674. The number of rotatable bonds is 8. The molecule has 1 heterocycles. The molecule has 16 heteroatoms. The summed E-state index contributed by atoms with van der Waals surface area (Å²) < 4.78 is 63.0. The lowest BCUT2D eigenvalue weighted by molar-refractivity contribution is 0.306. The lowest BCUT2D eigenvalue weighted by Crippen LogP contribution is -2.54. The zero-order valence-electron chi connectivity index (χ0n) is 22.7. The molecular weight excluding hydrogens is 629 g/mol. The summed E-state index contributed by atoms with van der Waals surface area (Å²) in [6.07, 6.45) is 0. The van der Waals surface area contributed by atoms with Crippen molar-refractivity contribution in [3.8, 4) is 11.5 Å². The van der Waals surface area contributed by atoms with Crippen molar-refractivity contribution in [3.63, 3.8) is 0 Å². The summed E-state index contributed by atoms with van der Waals surface area (Å²) in [7, 11) is -7.68. The van der Waals surface area contributed by atoms with E-state index in [1.54, 1.807) is 47.4 Å².